The minimum Gasteiger partial charge on any atom is -0.449 e. The third-order valence-corrected chi connectivity index (χ3v) is 14.8. The normalized spacial score (nSPS) is 12.9. The molecule has 7 aromatic carbocycles. The van der Waals surface area contributed by atoms with Crippen LogP contribution in [0, 0.1) is 0 Å². The molecule has 1 unspecified atom stereocenters. The van der Waals surface area contributed by atoms with Crippen LogP contribution in [0.25, 0.3) is 0 Å². The van der Waals surface area contributed by atoms with Gasteiger partial charge in [0.05, 0.1) is 0 Å². The molecule has 0 aliphatic carbocycles. The summed E-state index contributed by atoms with van der Waals surface area (Å²) in [6, 6.07) is 76.1. The summed E-state index contributed by atoms with van der Waals surface area (Å²) in [5.74, 6) is 2.45. The SMILES string of the molecule is [Cu].c1ccc(C2N=NC(c3ccccn3)=N2)cc1.c1ccc([PH+](c2ccccc2)c2ccccc2Oc2ccccc2[PH+](c2ccccc2)c2ccccc2)cc1. The standard InChI is InChI=1S/C36H28OP2.C13H10N4.Cu/c1-5-17-29(18-6-1)38(30-19-7-2-8-20-30)35-27-15-13-25-33(35)37-34-26-14-16-28-36(34)39(31-21-9-3-10-22-31)32-23-11-4-12-24-32;1-2-6-10(7-3-1)12-15-13(17-16-12)11-8-4-5-9-14-11;/h1-28H;1-9,12H;/p+2. The summed E-state index contributed by atoms with van der Waals surface area (Å²) >= 11 is 0. The third-order valence-electron chi connectivity index (χ3n) is 9.28. The predicted molar refractivity (Wildman–Crippen MR) is 238 cm³/mol. The molecular weight excluding hydrogens is 786 g/mol. The number of aromatic nitrogens is 1. The van der Waals surface area contributed by atoms with Crippen molar-refractivity contribution in [3.63, 3.8) is 0 Å². The van der Waals surface area contributed by atoms with Gasteiger partial charge in [0.25, 0.3) is 0 Å². The molecular formula is C49H40CuN4OP2+2. The quantitative estimate of drug-likeness (QED) is 0.102. The van der Waals surface area contributed by atoms with Crippen LogP contribution in [0.1, 0.15) is 17.4 Å². The summed E-state index contributed by atoms with van der Waals surface area (Å²) < 4.78 is 6.94. The van der Waals surface area contributed by atoms with E-state index in [1.54, 1.807) is 6.20 Å². The zero-order chi connectivity index (χ0) is 37.8. The first kappa shape index (κ1) is 39.4. The average Bonchev–Trinajstić information content (AvgIpc) is 3.78. The summed E-state index contributed by atoms with van der Waals surface area (Å²) in [5.41, 5.74) is 1.80. The van der Waals surface area contributed by atoms with Crippen molar-refractivity contribution < 1.29 is 21.8 Å². The summed E-state index contributed by atoms with van der Waals surface area (Å²) in [5, 5.41) is 16.1. The number of nitrogens with zero attached hydrogens (tertiary/aromatic N) is 4. The Morgan fingerprint density at radius 3 is 1.21 bits per heavy atom. The van der Waals surface area contributed by atoms with E-state index < -0.39 is 15.8 Å². The van der Waals surface area contributed by atoms with Gasteiger partial charge in [-0.3, -0.25) is 4.98 Å². The Balaban J connectivity index is 0.000000230. The number of para-hydroxylation sites is 2. The van der Waals surface area contributed by atoms with Crippen molar-refractivity contribution in [3.8, 4) is 11.5 Å². The maximum Gasteiger partial charge on any atom is 0.197 e. The van der Waals surface area contributed by atoms with Gasteiger partial charge in [0.1, 0.15) is 53.4 Å². The van der Waals surface area contributed by atoms with Crippen LogP contribution in [0.4, 0.5) is 0 Å². The number of hydrogen-bond acceptors (Lipinski definition) is 5. The molecule has 0 N–H and O–H groups in total. The number of azo groups is 1. The molecule has 1 aliphatic heterocycles. The Bertz CT molecular complexity index is 2310. The van der Waals surface area contributed by atoms with Gasteiger partial charge in [0.2, 0.25) is 0 Å². The molecule has 0 amide bonds. The zero-order valence-electron chi connectivity index (χ0n) is 30.9. The van der Waals surface area contributed by atoms with Crippen LogP contribution in [0.3, 0.4) is 0 Å². The molecule has 8 heteroatoms. The number of benzene rings is 7. The molecule has 1 radical (unpaired) electrons. The van der Waals surface area contributed by atoms with Crippen molar-refractivity contribution in [2.24, 2.45) is 15.2 Å². The molecule has 1 aromatic heterocycles. The minimum absolute atomic E-state index is 0. The van der Waals surface area contributed by atoms with Crippen LogP contribution >= 0.6 is 15.8 Å². The van der Waals surface area contributed by atoms with E-state index in [2.05, 4.69) is 190 Å². The molecule has 8 aromatic rings. The smallest absolute Gasteiger partial charge is 0.197 e. The number of amidine groups is 1. The first-order chi connectivity index (χ1) is 27.8. The first-order valence-electron chi connectivity index (χ1n) is 18.6. The van der Waals surface area contributed by atoms with Crippen LogP contribution in [-0.4, -0.2) is 10.8 Å². The van der Waals surface area contributed by atoms with Crippen molar-refractivity contribution in [3.05, 3.63) is 236 Å². The minimum atomic E-state index is -1.28. The second-order valence-corrected chi connectivity index (χ2v) is 17.9. The average molecular weight is 826 g/mol. The van der Waals surface area contributed by atoms with E-state index in [0.29, 0.717) is 5.84 Å². The Labute approximate surface area is 347 Å². The summed E-state index contributed by atoms with van der Waals surface area (Å²) in [7, 11) is -2.56. The van der Waals surface area contributed by atoms with Gasteiger partial charge < -0.3 is 4.74 Å². The van der Waals surface area contributed by atoms with Crippen LogP contribution in [0.5, 0.6) is 11.5 Å². The zero-order valence-corrected chi connectivity index (χ0v) is 33.9. The van der Waals surface area contributed by atoms with Gasteiger partial charge in [-0.05, 0) is 84.9 Å². The van der Waals surface area contributed by atoms with E-state index in [9.17, 15) is 0 Å². The number of hydrogen-bond donors (Lipinski definition) is 0. The maximum absolute atomic E-state index is 6.94. The summed E-state index contributed by atoms with van der Waals surface area (Å²) in [6.07, 6.45) is 1.50. The number of ether oxygens (including phenoxy) is 1. The summed E-state index contributed by atoms with van der Waals surface area (Å²) in [6.45, 7) is 0. The largest absolute Gasteiger partial charge is 0.449 e. The fourth-order valence-corrected chi connectivity index (χ4v) is 12.0. The molecule has 0 fully saturated rings. The molecule has 9 rings (SSSR count). The van der Waals surface area contributed by atoms with Gasteiger partial charge in [-0.1, -0.05) is 133 Å². The van der Waals surface area contributed by atoms with Crippen LogP contribution in [-0.2, 0) is 17.1 Å². The molecule has 0 spiro atoms. The maximum atomic E-state index is 6.94. The third kappa shape index (κ3) is 9.75. The van der Waals surface area contributed by atoms with Gasteiger partial charge in [0.15, 0.2) is 23.5 Å². The Morgan fingerprint density at radius 2 is 0.789 bits per heavy atom. The van der Waals surface area contributed by atoms with Crippen molar-refractivity contribution in [1.29, 1.82) is 0 Å². The van der Waals surface area contributed by atoms with E-state index in [0.717, 1.165) is 22.8 Å². The molecule has 57 heavy (non-hydrogen) atoms. The van der Waals surface area contributed by atoms with Crippen molar-refractivity contribution in [2.45, 2.75) is 6.17 Å². The van der Waals surface area contributed by atoms with Gasteiger partial charge in [0, 0.05) is 28.8 Å². The van der Waals surface area contributed by atoms with E-state index in [-0.39, 0.29) is 23.2 Å². The topological polar surface area (TPSA) is 59.2 Å². The van der Waals surface area contributed by atoms with Crippen molar-refractivity contribution >= 4 is 53.5 Å². The van der Waals surface area contributed by atoms with Crippen molar-refractivity contribution in [1.82, 2.24) is 4.98 Å². The Kier molecular flexibility index (Phi) is 13.7. The second-order valence-electron chi connectivity index (χ2n) is 13.0. The first-order valence-corrected chi connectivity index (χ1v) is 21.6. The number of rotatable bonds is 10. The molecule has 0 saturated carbocycles. The van der Waals surface area contributed by atoms with E-state index in [1.807, 2.05) is 48.5 Å². The van der Waals surface area contributed by atoms with Crippen LogP contribution in [0.2, 0.25) is 0 Å². The van der Waals surface area contributed by atoms with Gasteiger partial charge in [-0.2, -0.15) is 5.11 Å². The van der Waals surface area contributed by atoms with Gasteiger partial charge in [-0.15, -0.1) is 5.11 Å². The van der Waals surface area contributed by atoms with E-state index in [4.69, 9.17) is 4.74 Å². The van der Waals surface area contributed by atoms with Gasteiger partial charge in [-0.25, -0.2) is 4.99 Å². The van der Waals surface area contributed by atoms with E-state index in [1.165, 1.54) is 31.8 Å². The van der Waals surface area contributed by atoms with Crippen molar-refractivity contribution in [2.75, 3.05) is 0 Å². The predicted octanol–water partition coefficient (Wildman–Crippen LogP) is 9.45. The Morgan fingerprint density at radius 1 is 0.404 bits per heavy atom. The van der Waals surface area contributed by atoms with Crippen LogP contribution in [0.15, 0.2) is 240 Å². The second kappa shape index (κ2) is 19.8. The fraction of sp³-hybridized carbons (Fsp3) is 0.0204. The number of aliphatic imine (C=N–C) groups is 1. The summed E-state index contributed by atoms with van der Waals surface area (Å²) in [4.78, 5) is 8.65. The van der Waals surface area contributed by atoms with Crippen LogP contribution < -0.4 is 36.6 Å². The molecule has 0 saturated heterocycles. The molecule has 1 atom stereocenters. The Hall–Kier alpha value is -5.86. The number of pyridine rings is 1. The molecule has 5 nitrogen and oxygen atoms in total. The van der Waals surface area contributed by atoms with Gasteiger partial charge >= 0.3 is 0 Å². The molecule has 281 valence electrons. The fourth-order valence-electron chi connectivity index (χ4n) is 6.67. The monoisotopic (exact) mass is 825 g/mol. The molecule has 2 heterocycles. The molecule has 1 aliphatic rings. The van der Waals surface area contributed by atoms with E-state index >= 15 is 0 Å². The molecule has 0 bridgehead atoms.